The number of pyridine rings is 2. The van der Waals surface area contributed by atoms with Crippen molar-refractivity contribution in [2.45, 2.75) is 12.0 Å². The van der Waals surface area contributed by atoms with Gasteiger partial charge in [-0.15, -0.1) is 0 Å². The minimum absolute atomic E-state index is 0.440. The second kappa shape index (κ2) is 5.70. The van der Waals surface area contributed by atoms with E-state index in [2.05, 4.69) is 25.9 Å². The van der Waals surface area contributed by atoms with Gasteiger partial charge in [-0.2, -0.15) is 0 Å². The highest BCUT2D eigenvalue weighted by molar-refractivity contribution is 9.10. The van der Waals surface area contributed by atoms with Crippen LogP contribution in [0.25, 0.3) is 22.2 Å². The van der Waals surface area contributed by atoms with E-state index in [0.717, 1.165) is 38.9 Å². The highest BCUT2D eigenvalue weighted by Crippen LogP contribution is 2.35. The van der Waals surface area contributed by atoms with E-state index in [1.807, 2.05) is 36.7 Å². The lowest BCUT2D eigenvalue weighted by molar-refractivity contribution is -0.0245. The fourth-order valence-electron chi connectivity index (χ4n) is 3.06. The van der Waals surface area contributed by atoms with E-state index in [-0.39, 0.29) is 0 Å². The van der Waals surface area contributed by atoms with Crippen molar-refractivity contribution in [2.24, 2.45) is 0 Å². The Morgan fingerprint density at radius 3 is 3.09 bits per heavy atom. The number of hydrogen-bond acceptors (Lipinski definition) is 4. The van der Waals surface area contributed by atoms with E-state index in [1.54, 1.807) is 7.11 Å². The lowest BCUT2D eigenvalue weighted by Crippen LogP contribution is -2.30. The molecule has 0 unspecified atom stereocenters. The molecule has 1 saturated heterocycles. The SMILES string of the molecule is CO[C@@]1(c2cccc(-c3c[nH]c4cnc(Br)cc34)n2)CCOC1. The molecule has 4 heterocycles. The van der Waals surface area contributed by atoms with Crippen molar-refractivity contribution in [3.8, 4) is 11.3 Å². The van der Waals surface area contributed by atoms with Crippen molar-refractivity contribution < 1.29 is 9.47 Å². The van der Waals surface area contributed by atoms with Gasteiger partial charge in [0.05, 0.1) is 29.7 Å². The molecule has 0 radical (unpaired) electrons. The quantitative estimate of drug-likeness (QED) is 0.711. The number of H-pyrrole nitrogens is 1. The molecule has 6 heteroatoms. The van der Waals surface area contributed by atoms with Crippen molar-refractivity contribution in [3.63, 3.8) is 0 Å². The van der Waals surface area contributed by atoms with Gasteiger partial charge in [0.15, 0.2) is 0 Å². The molecule has 1 aliphatic rings. The summed E-state index contributed by atoms with van der Waals surface area (Å²) in [6.45, 7) is 1.24. The number of rotatable bonds is 3. The maximum Gasteiger partial charge on any atom is 0.135 e. The van der Waals surface area contributed by atoms with Crippen molar-refractivity contribution in [3.05, 3.63) is 47.0 Å². The first kappa shape index (κ1) is 14.8. The van der Waals surface area contributed by atoms with E-state index >= 15 is 0 Å². The van der Waals surface area contributed by atoms with E-state index in [4.69, 9.17) is 14.5 Å². The third-order valence-corrected chi connectivity index (χ3v) is 4.83. The van der Waals surface area contributed by atoms with Crippen LogP contribution in [0.1, 0.15) is 12.1 Å². The summed E-state index contributed by atoms with van der Waals surface area (Å²) < 4.78 is 12.1. The topological polar surface area (TPSA) is 60.0 Å². The van der Waals surface area contributed by atoms with Crippen molar-refractivity contribution in [2.75, 3.05) is 20.3 Å². The normalized spacial score (nSPS) is 21.1. The molecule has 1 atom stereocenters. The Morgan fingerprint density at radius 2 is 2.30 bits per heavy atom. The third-order valence-electron chi connectivity index (χ3n) is 4.40. The largest absolute Gasteiger partial charge is 0.378 e. The number of aromatic amines is 1. The van der Waals surface area contributed by atoms with Crippen LogP contribution in [0.15, 0.2) is 41.3 Å². The molecular weight excluding hydrogens is 358 g/mol. The Balaban J connectivity index is 1.83. The van der Waals surface area contributed by atoms with Gasteiger partial charge in [0.1, 0.15) is 10.2 Å². The summed E-state index contributed by atoms with van der Waals surface area (Å²) in [6.07, 6.45) is 4.60. The summed E-state index contributed by atoms with van der Waals surface area (Å²) in [5.41, 5.74) is 3.42. The minimum atomic E-state index is -0.440. The van der Waals surface area contributed by atoms with Crippen LogP contribution < -0.4 is 0 Å². The summed E-state index contributed by atoms with van der Waals surface area (Å²) in [6, 6.07) is 8.04. The van der Waals surface area contributed by atoms with E-state index in [1.165, 1.54) is 0 Å². The zero-order valence-corrected chi connectivity index (χ0v) is 14.3. The smallest absolute Gasteiger partial charge is 0.135 e. The van der Waals surface area contributed by atoms with Crippen LogP contribution in [-0.2, 0) is 15.1 Å². The van der Waals surface area contributed by atoms with Crippen molar-refractivity contribution >= 4 is 26.8 Å². The summed E-state index contributed by atoms with van der Waals surface area (Å²) in [5.74, 6) is 0. The summed E-state index contributed by atoms with van der Waals surface area (Å²) in [7, 11) is 1.72. The molecule has 0 saturated carbocycles. The Bertz CT molecular complexity index is 856. The molecule has 0 spiro atoms. The number of aromatic nitrogens is 3. The van der Waals surface area contributed by atoms with Crippen LogP contribution in [0.3, 0.4) is 0 Å². The maximum absolute atomic E-state index is 5.75. The fraction of sp³-hybridized carbons (Fsp3) is 0.294. The van der Waals surface area contributed by atoms with Gasteiger partial charge in [-0.25, -0.2) is 9.97 Å². The summed E-state index contributed by atoms with van der Waals surface area (Å²) in [5, 5.41) is 1.09. The minimum Gasteiger partial charge on any atom is -0.378 e. The molecule has 0 aromatic carbocycles. The molecule has 118 valence electrons. The van der Waals surface area contributed by atoms with Crippen molar-refractivity contribution in [1.29, 1.82) is 0 Å². The lowest BCUT2D eigenvalue weighted by Gasteiger charge is -2.25. The van der Waals surface area contributed by atoms with Crippen LogP contribution in [0.5, 0.6) is 0 Å². The van der Waals surface area contributed by atoms with Crippen LogP contribution in [0, 0.1) is 0 Å². The standard InChI is InChI=1S/C17H16BrN3O2/c1-22-17(5-6-23-10-17)15-4-2-3-13(21-15)12-8-19-14-9-20-16(18)7-11(12)14/h2-4,7-9,19H,5-6,10H2,1H3/t17-/m0/s1. The molecule has 0 amide bonds. The highest BCUT2D eigenvalue weighted by Gasteiger charge is 2.38. The Labute approximate surface area is 142 Å². The third kappa shape index (κ3) is 2.47. The molecule has 1 aliphatic heterocycles. The maximum atomic E-state index is 5.75. The van der Waals surface area contributed by atoms with Gasteiger partial charge in [-0.3, -0.25) is 0 Å². The molecule has 0 aliphatic carbocycles. The van der Waals surface area contributed by atoms with Gasteiger partial charge in [0.2, 0.25) is 0 Å². The molecule has 5 nitrogen and oxygen atoms in total. The molecule has 3 aromatic rings. The Hall–Kier alpha value is -1.76. The molecule has 1 N–H and O–H groups in total. The summed E-state index contributed by atoms with van der Waals surface area (Å²) >= 11 is 3.43. The Kier molecular flexibility index (Phi) is 3.67. The molecule has 4 rings (SSSR count). The monoisotopic (exact) mass is 373 g/mol. The number of methoxy groups -OCH3 is 1. The zero-order chi connectivity index (χ0) is 15.9. The van der Waals surface area contributed by atoms with Gasteiger partial charge in [0.25, 0.3) is 0 Å². The number of ether oxygens (including phenoxy) is 2. The molecule has 23 heavy (non-hydrogen) atoms. The van der Waals surface area contributed by atoms with Gasteiger partial charge in [0, 0.05) is 37.3 Å². The van der Waals surface area contributed by atoms with E-state index < -0.39 is 5.60 Å². The number of nitrogens with one attached hydrogen (secondary N) is 1. The first-order valence-corrected chi connectivity index (χ1v) is 8.25. The number of fused-ring (bicyclic) bond motifs is 1. The average Bonchev–Trinajstić information content (AvgIpc) is 3.22. The molecule has 1 fully saturated rings. The average molecular weight is 374 g/mol. The Morgan fingerprint density at radius 1 is 1.39 bits per heavy atom. The van der Waals surface area contributed by atoms with E-state index in [0.29, 0.717) is 13.2 Å². The van der Waals surface area contributed by atoms with Crippen molar-refractivity contribution in [1.82, 2.24) is 15.0 Å². The zero-order valence-electron chi connectivity index (χ0n) is 12.7. The van der Waals surface area contributed by atoms with Gasteiger partial charge in [-0.05, 0) is 34.1 Å². The molecular formula is C17H16BrN3O2. The lowest BCUT2D eigenvalue weighted by atomic mass is 9.97. The van der Waals surface area contributed by atoms with Crippen LogP contribution in [0.4, 0.5) is 0 Å². The van der Waals surface area contributed by atoms with Crippen LogP contribution in [0.2, 0.25) is 0 Å². The highest BCUT2D eigenvalue weighted by atomic mass is 79.9. The van der Waals surface area contributed by atoms with Crippen LogP contribution in [-0.4, -0.2) is 35.3 Å². The first-order valence-electron chi connectivity index (χ1n) is 7.45. The predicted molar refractivity (Wildman–Crippen MR) is 91.1 cm³/mol. The number of halogens is 1. The first-order chi connectivity index (χ1) is 11.2. The van der Waals surface area contributed by atoms with Gasteiger partial charge in [-0.1, -0.05) is 6.07 Å². The predicted octanol–water partition coefficient (Wildman–Crippen LogP) is 3.65. The second-order valence-corrected chi connectivity index (χ2v) is 6.48. The summed E-state index contributed by atoms with van der Waals surface area (Å²) in [4.78, 5) is 12.4. The van der Waals surface area contributed by atoms with Crippen LogP contribution >= 0.6 is 15.9 Å². The number of hydrogen-bond donors (Lipinski definition) is 1. The number of nitrogens with zero attached hydrogens (tertiary/aromatic N) is 2. The van der Waals surface area contributed by atoms with E-state index in [9.17, 15) is 0 Å². The molecule has 0 bridgehead atoms. The fourth-order valence-corrected chi connectivity index (χ4v) is 3.39. The van der Waals surface area contributed by atoms with Gasteiger partial charge >= 0.3 is 0 Å². The second-order valence-electron chi connectivity index (χ2n) is 5.66. The van der Waals surface area contributed by atoms with Gasteiger partial charge < -0.3 is 14.5 Å². The molecule has 3 aromatic heterocycles.